The summed E-state index contributed by atoms with van der Waals surface area (Å²) in [4.78, 5) is 0. The van der Waals surface area contributed by atoms with Gasteiger partial charge in [0, 0.05) is 18.1 Å². The van der Waals surface area contributed by atoms with Crippen LogP contribution in [0.1, 0.15) is 25.5 Å². The molecule has 3 rings (SSSR count). The van der Waals surface area contributed by atoms with Gasteiger partial charge < -0.3 is 10.5 Å². The molecule has 2 aromatic rings. The minimum atomic E-state index is -0.523. The zero-order valence-electron chi connectivity index (χ0n) is 9.70. The smallest absolute Gasteiger partial charge is 0.150 e. The zero-order valence-corrected chi connectivity index (χ0v) is 10.5. The van der Waals surface area contributed by atoms with Gasteiger partial charge in [-0.05, 0) is 19.3 Å². The van der Waals surface area contributed by atoms with E-state index in [1.54, 1.807) is 10.9 Å². The molecule has 1 aromatic carbocycles. The molecule has 1 atom stereocenters. The van der Waals surface area contributed by atoms with Gasteiger partial charge in [0.25, 0.3) is 0 Å². The third-order valence-corrected chi connectivity index (χ3v) is 3.66. The maximum atomic E-state index is 13.6. The molecule has 2 heterocycles. The molecule has 96 valence electrons. The van der Waals surface area contributed by atoms with E-state index in [2.05, 4.69) is 5.10 Å². The van der Waals surface area contributed by atoms with Crippen molar-refractivity contribution < 1.29 is 9.13 Å². The molecule has 1 fully saturated rings. The minimum absolute atomic E-state index is 0.0340. The molecule has 0 saturated carbocycles. The highest BCUT2D eigenvalue weighted by molar-refractivity contribution is 6.37. The van der Waals surface area contributed by atoms with Crippen molar-refractivity contribution in [2.75, 3.05) is 12.3 Å². The average Bonchev–Trinajstić information content (AvgIpc) is 2.81. The van der Waals surface area contributed by atoms with Crippen LogP contribution in [0.15, 0.2) is 12.3 Å². The molecule has 0 aliphatic carbocycles. The van der Waals surface area contributed by atoms with E-state index >= 15 is 0 Å². The second-order valence-corrected chi connectivity index (χ2v) is 4.81. The number of hydrogen-bond acceptors (Lipinski definition) is 3. The molecule has 0 amide bonds. The summed E-state index contributed by atoms with van der Waals surface area (Å²) >= 11 is 6.02. The molecule has 1 aliphatic rings. The molecule has 0 radical (unpaired) electrons. The van der Waals surface area contributed by atoms with Crippen LogP contribution >= 0.6 is 11.6 Å². The Morgan fingerprint density at radius 1 is 1.50 bits per heavy atom. The van der Waals surface area contributed by atoms with E-state index in [9.17, 15) is 4.39 Å². The van der Waals surface area contributed by atoms with Crippen LogP contribution in [0.25, 0.3) is 10.9 Å². The van der Waals surface area contributed by atoms with Gasteiger partial charge in [0.05, 0.1) is 22.4 Å². The van der Waals surface area contributed by atoms with Crippen LogP contribution < -0.4 is 5.73 Å². The third-order valence-electron chi connectivity index (χ3n) is 3.26. The lowest BCUT2D eigenvalue weighted by Crippen LogP contribution is -2.19. The van der Waals surface area contributed by atoms with Gasteiger partial charge in [-0.1, -0.05) is 11.6 Å². The van der Waals surface area contributed by atoms with Crippen LogP contribution in [-0.4, -0.2) is 16.4 Å². The van der Waals surface area contributed by atoms with Crippen molar-refractivity contribution in [2.24, 2.45) is 0 Å². The lowest BCUT2D eigenvalue weighted by molar-refractivity contribution is -0.0366. The number of aromatic nitrogens is 2. The van der Waals surface area contributed by atoms with Crippen LogP contribution in [0.4, 0.5) is 10.1 Å². The number of benzene rings is 1. The van der Waals surface area contributed by atoms with Crippen LogP contribution in [0, 0.1) is 5.82 Å². The first-order valence-corrected chi connectivity index (χ1v) is 6.28. The fourth-order valence-electron chi connectivity index (χ4n) is 2.28. The normalized spacial score (nSPS) is 20.4. The Hall–Kier alpha value is -1.33. The number of fused-ring (bicyclic) bond motifs is 1. The number of halogens is 2. The van der Waals surface area contributed by atoms with E-state index in [1.165, 1.54) is 6.07 Å². The number of nitrogens with two attached hydrogens (primary N) is 1. The van der Waals surface area contributed by atoms with Crippen LogP contribution in [0.2, 0.25) is 5.02 Å². The lowest BCUT2D eigenvalue weighted by atomic mass is 10.2. The van der Waals surface area contributed by atoms with Crippen molar-refractivity contribution in [1.29, 1.82) is 0 Å². The van der Waals surface area contributed by atoms with Crippen molar-refractivity contribution in [1.82, 2.24) is 9.78 Å². The van der Waals surface area contributed by atoms with E-state index in [0.717, 1.165) is 19.3 Å². The van der Waals surface area contributed by atoms with Gasteiger partial charge in [-0.15, -0.1) is 0 Å². The van der Waals surface area contributed by atoms with Gasteiger partial charge in [0.2, 0.25) is 0 Å². The van der Waals surface area contributed by atoms with Crippen molar-refractivity contribution in [3.8, 4) is 0 Å². The molecular weight excluding hydrogens is 257 g/mol. The second kappa shape index (κ2) is 4.40. The fraction of sp³-hybridized carbons (Fsp3) is 0.417. The monoisotopic (exact) mass is 269 g/mol. The van der Waals surface area contributed by atoms with Gasteiger partial charge in [-0.25, -0.2) is 9.07 Å². The number of anilines is 1. The van der Waals surface area contributed by atoms with E-state index in [4.69, 9.17) is 22.1 Å². The Kier molecular flexibility index (Phi) is 2.87. The number of hydrogen-bond donors (Lipinski definition) is 1. The van der Waals surface area contributed by atoms with Crippen LogP contribution in [-0.2, 0) is 4.74 Å². The number of ether oxygens (including phenoxy) is 1. The van der Waals surface area contributed by atoms with Gasteiger partial charge in [-0.3, -0.25) is 0 Å². The van der Waals surface area contributed by atoms with Crippen LogP contribution in [0.5, 0.6) is 0 Å². The molecule has 6 heteroatoms. The Bertz CT molecular complexity index is 593. The zero-order chi connectivity index (χ0) is 12.7. The quantitative estimate of drug-likeness (QED) is 0.810. The molecule has 2 N–H and O–H groups in total. The number of nitrogen functional groups attached to an aromatic ring is 1. The summed E-state index contributed by atoms with van der Waals surface area (Å²) in [6.07, 6.45) is 4.47. The highest BCUT2D eigenvalue weighted by Gasteiger charge is 2.21. The van der Waals surface area contributed by atoms with E-state index < -0.39 is 5.82 Å². The molecule has 1 saturated heterocycles. The first kappa shape index (κ1) is 11.7. The van der Waals surface area contributed by atoms with E-state index in [-0.39, 0.29) is 16.9 Å². The molecule has 1 unspecified atom stereocenters. The Labute approximate surface area is 108 Å². The highest BCUT2D eigenvalue weighted by atomic mass is 35.5. The Morgan fingerprint density at radius 2 is 2.33 bits per heavy atom. The average molecular weight is 270 g/mol. The summed E-state index contributed by atoms with van der Waals surface area (Å²) in [5.74, 6) is -0.523. The molecule has 0 spiro atoms. The summed E-state index contributed by atoms with van der Waals surface area (Å²) in [6, 6.07) is 1.36. The fourth-order valence-corrected chi connectivity index (χ4v) is 2.51. The lowest BCUT2D eigenvalue weighted by Gasteiger charge is -2.23. The number of nitrogens with zero attached hydrogens (tertiary/aromatic N) is 2. The third kappa shape index (κ3) is 1.74. The highest BCUT2D eigenvalue weighted by Crippen LogP contribution is 2.34. The van der Waals surface area contributed by atoms with Gasteiger partial charge >= 0.3 is 0 Å². The van der Waals surface area contributed by atoms with Gasteiger partial charge in [-0.2, -0.15) is 5.10 Å². The first-order valence-electron chi connectivity index (χ1n) is 5.91. The number of rotatable bonds is 1. The largest absolute Gasteiger partial charge is 0.395 e. The predicted octanol–water partition coefficient (Wildman–Crippen LogP) is 3.11. The standard InChI is InChI=1S/C12H13ClFN3O/c13-11-7-6-16-17(10-3-1-2-4-18-10)9(7)5-8(14)12(11)15/h5-6,10H,1-4,15H2. The maximum Gasteiger partial charge on any atom is 0.150 e. The SMILES string of the molecule is Nc1c(F)cc2c(cnn2C2CCCCO2)c1Cl. The predicted molar refractivity (Wildman–Crippen MR) is 68.0 cm³/mol. The minimum Gasteiger partial charge on any atom is -0.395 e. The Morgan fingerprint density at radius 3 is 3.06 bits per heavy atom. The van der Waals surface area contributed by atoms with Crippen molar-refractivity contribution in [3.63, 3.8) is 0 Å². The van der Waals surface area contributed by atoms with Crippen molar-refractivity contribution in [3.05, 3.63) is 23.1 Å². The topological polar surface area (TPSA) is 53.1 Å². The Balaban J connectivity index is 2.13. The molecule has 18 heavy (non-hydrogen) atoms. The second-order valence-electron chi connectivity index (χ2n) is 4.43. The summed E-state index contributed by atoms with van der Waals surface area (Å²) in [7, 11) is 0. The first-order chi connectivity index (χ1) is 8.68. The molecular formula is C12H13ClFN3O. The summed E-state index contributed by atoms with van der Waals surface area (Å²) in [5.41, 5.74) is 6.15. The molecule has 0 bridgehead atoms. The van der Waals surface area contributed by atoms with Gasteiger partial charge in [0.1, 0.15) is 5.82 Å². The van der Waals surface area contributed by atoms with Crippen molar-refractivity contribution in [2.45, 2.75) is 25.5 Å². The van der Waals surface area contributed by atoms with E-state index in [0.29, 0.717) is 17.5 Å². The summed E-state index contributed by atoms with van der Waals surface area (Å²) in [5, 5.41) is 5.12. The summed E-state index contributed by atoms with van der Waals surface area (Å²) in [6.45, 7) is 0.706. The van der Waals surface area contributed by atoms with E-state index in [1.807, 2.05) is 0 Å². The maximum absolute atomic E-state index is 13.6. The molecule has 1 aromatic heterocycles. The van der Waals surface area contributed by atoms with Crippen molar-refractivity contribution >= 4 is 28.2 Å². The molecule has 1 aliphatic heterocycles. The van der Waals surface area contributed by atoms with Crippen LogP contribution in [0.3, 0.4) is 0 Å². The van der Waals surface area contributed by atoms with Gasteiger partial charge in [0.15, 0.2) is 6.23 Å². The summed E-state index contributed by atoms with van der Waals surface area (Å²) < 4.78 is 21.0. The molecule has 4 nitrogen and oxygen atoms in total.